The molecule has 2 bridgehead atoms. The molecule has 4 heterocycles. The fraction of sp³-hybridized carbons (Fsp3) is 0.296. The molecule has 3 atom stereocenters. The Balaban J connectivity index is 1.54. The molecule has 35 heavy (non-hydrogen) atoms. The smallest absolute Gasteiger partial charge is 0.337 e. The quantitative estimate of drug-likeness (QED) is 0.457. The van der Waals surface area contributed by atoms with Gasteiger partial charge in [-0.25, -0.2) is 9.78 Å². The van der Waals surface area contributed by atoms with Crippen molar-refractivity contribution in [3.8, 4) is 22.4 Å². The number of anilines is 1. The molecule has 2 aliphatic heterocycles. The number of fused-ring (bicyclic) bond motifs is 3. The largest absolute Gasteiger partial charge is 0.479 e. The summed E-state index contributed by atoms with van der Waals surface area (Å²) in [6, 6.07) is 20.4. The second kappa shape index (κ2) is 8.48. The van der Waals surface area contributed by atoms with Crippen LogP contribution in [-0.2, 0) is 9.53 Å². The number of carboxylic acids is 1. The Hall–Kier alpha value is -3.75. The Morgan fingerprint density at radius 1 is 1.00 bits per heavy atom. The highest BCUT2D eigenvalue weighted by molar-refractivity contribution is 5.79. The molecule has 2 fully saturated rings. The van der Waals surface area contributed by atoms with Crippen molar-refractivity contribution < 1.29 is 19.7 Å². The molecule has 2 aromatic carbocycles. The molecule has 0 amide bonds. The van der Waals surface area contributed by atoms with Gasteiger partial charge in [0.05, 0.1) is 36.6 Å². The van der Waals surface area contributed by atoms with Crippen molar-refractivity contribution >= 4 is 17.4 Å². The second-order valence-corrected chi connectivity index (χ2v) is 9.25. The van der Waals surface area contributed by atoms with E-state index in [1.165, 1.54) is 0 Å². The zero-order valence-electron chi connectivity index (χ0n) is 19.3. The zero-order valence-corrected chi connectivity index (χ0v) is 19.3. The molecule has 6 rings (SSSR count). The maximum Gasteiger partial charge on any atom is 0.337 e. The summed E-state index contributed by atoms with van der Waals surface area (Å²) < 4.78 is 7.47. The molecule has 8 heteroatoms. The molecular formula is C27H26N4O4. The fourth-order valence-electron chi connectivity index (χ4n) is 5.41. The topological polar surface area (TPSA) is 100 Å². The van der Waals surface area contributed by atoms with Gasteiger partial charge in [0, 0.05) is 17.3 Å². The number of aliphatic hydroxyl groups is 1. The zero-order chi connectivity index (χ0) is 24.1. The standard InChI is InChI=1S/C27H26N4O4/c1-16-24(25(32)27(33)34)26(30-20-10-11-21(30)15-35-14-20)31-23(28-16)13-22(29-31)19-9-5-8-18(12-19)17-6-3-2-4-7-17/h2-9,12-13,20-21,25,32H,10-11,14-15H2,1H3,(H,33,34)/t20?,21?,25-/m0/s1. The van der Waals surface area contributed by atoms with Crippen LogP contribution in [0.5, 0.6) is 0 Å². The van der Waals surface area contributed by atoms with Crippen LogP contribution in [0.3, 0.4) is 0 Å². The van der Waals surface area contributed by atoms with Crippen molar-refractivity contribution in [2.75, 3.05) is 18.1 Å². The molecule has 0 aliphatic carbocycles. The first-order valence-electron chi connectivity index (χ1n) is 11.8. The number of benzene rings is 2. The molecule has 178 valence electrons. The van der Waals surface area contributed by atoms with Crippen molar-refractivity contribution in [3.63, 3.8) is 0 Å². The third-order valence-electron chi connectivity index (χ3n) is 7.06. The van der Waals surface area contributed by atoms with Crippen LogP contribution in [0, 0.1) is 6.92 Å². The van der Waals surface area contributed by atoms with Gasteiger partial charge in [-0.3, -0.25) is 0 Å². The highest BCUT2D eigenvalue weighted by Gasteiger charge is 2.42. The average Bonchev–Trinajstić information content (AvgIpc) is 3.40. The number of morpholine rings is 1. The van der Waals surface area contributed by atoms with Gasteiger partial charge in [-0.15, -0.1) is 0 Å². The summed E-state index contributed by atoms with van der Waals surface area (Å²) >= 11 is 0. The van der Waals surface area contributed by atoms with E-state index < -0.39 is 12.1 Å². The lowest BCUT2D eigenvalue weighted by molar-refractivity contribution is -0.147. The van der Waals surface area contributed by atoms with Gasteiger partial charge in [0.15, 0.2) is 11.8 Å². The lowest BCUT2D eigenvalue weighted by Crippen LogP contribution is -2.47. The van der Waals surface area contributed by atoms with E-state index in [2.05, 4.69) is 34.1 Å². The van der Waals surface area contributed by atoms with E-state index >= 15 is 0 Å². The first-order chi connectivity index (χ1) is 17.0. The number of aliphatic hydroxyl groups excluding tert-OH is 1. The monoisotopic (exact) mass is 470 g/mol. The van der Waals surface area contributed by atoms with Gasteiger partial charge < -0.3 is 19.8 Å². The number of carboxylic acid groups (broad SMARTS) is 1. The number of aryl methyl sites for hydroxylation is 1. The van der Waals surface area contributed by atoms with E-state index in [0.717, 1.165) is 35.2 Å². The Labute approximate surface area is 202 Å². The SMILES string of the molecule is Cc1nc2cc(-c3cccc(-c4ccccc4)c3)nn2c(N2C3CCC2COC3)c1[C@H](O)C(=O)O. The van der Waals surface area contributed by atoms with Gasteiger partial charge in [-0.2, -0.15) is 9.61 Å². The van der Waals surface area contributed by atoms with E-state index in [4.69, 9.17) is 9.84 Å². The van der Waals surface area contributed by atoms with Crippen LogP contribution < -0.4 is 4.90 Å². The third-order valence-corrected chi connectivity index (χ3v) is 7.06. The van der Waals surface area contributed by atoms with Crippen LogP contribution in [0.25, 0.3) is 28.0 Å². The summed E-state index contributed by atoms with van der Waals surface area (Å²) in [6.07, 6.45) is 0.199. The van der Waals surface area contributed by atoms with E-state index in [1.54, 1.807) is 11.4 Å². The van der Waals surface area contributed by atoms with Crippen LogP contribution in [-0.4, -0.2) is 56.1 Å². The maximum atomic E-state index is 11.8. The van der Waals surface area contributed by atoms with E-state index in [-0.39, 0.29) is 17.6 Å². The molecule has 2 unspecified atom stereocenters. The first-order valence-corrected chi connectivity index (χ1v) is 11.8. The van der Waals surface area contributed by atoms with Crippen LogP contribution in [0.4, 0.5) is 5.82 Å². The Bertz CT molecular complexity index is 1400. The molecule has 0 radical (unpaired) electrons. The van der Waals surface area contributed by atoms with Crippen molar-refractivity contribution in [2.45, 2.75) is 38.0 Å². The minimum atomic E-state index is -1.70. The number of aromatic nitrogens is 3. The normalized spacial score (nSPS) is 20.3. The lowest BCUT2D eigenvalue weighted by atomic mass is 10.0. The third kappa shape index (κ3) is 3.66. The van der Waals surface area contributed by atoms with E-state index in [1.807, 2.05) is 36.4 Å². The molecule has 2 aromatic heterocycles. The van der Waals surface area contributed by atoms with Crippen molar-refractivity contribution in [3.05, 3.63) is 71.9 Å². The molecule has 2 N–H and O–H groups in total. The van der Waals surface area contributed by atoms with E-state index in [0.29, 0.717) is 30.4 Å². The average molecular weight is 471 g/mol. The maximum absolute atomic E-state index is 11.8. The Morgan fingerprint density at radius 3 is 2.40 bits per heavy atom. The fourth-order valence-corrected chi connectivity index (χ4v) is 5.41. The minimum absolute atomic E-state index is 0.104. The summed E-state index contributed by atoms with van der Waals surface area (Å²) in [5.41, 5.74) is 5.26. The molecule has 0 saturated carbocycles. The number of rotatable bonds is 5. The lowest BCUT2D eigenvalue weighted by Gasteiger charge is -2.38. The summed E-state index contributed by atoms with van der Waals surface area (Å²) in [7, 11) is 0. The number of hydrogen-bond donors (Lipinski definition) is 2. The summed E-state index contributed by atoms with van der Waals surface area (Å²) in [6.45, 7) is 2.88. The number of ether oxygens (including phenoxy) is 1. The summed E-state index contributed by atoms with van der Waals surface area (Å²) in [5, 5.41) is 25.3. The number of nitrogens with zero attached hydrogens (tertiary/aromatic N) is 4. The van der Waals surface area contributed by atoms with E-state index in [9.17, 15) is 15.0 Å². The summed E-state index contributed by atoms with van der Waals surface area (Å²) in [4.78, 5) is 18.7. The Kier molecular flexibility index (Phi) is 5.27. The predicted molar refractivity (Wildman–Crippen MR) is 131 cm³/mol. The van der Waals surface area contributed by atoms with Gasteiger partial charge in [0.25, 0.3) is 0 Å². The molecule has 2 saturated heterocycles. The van der Waals surface area contributed by atoms with Gasteiger partial charge >= 0.3 is 5.97 Å². The van der Waals surface area contributed by atoms with Crippen LogP contribution in [0.1, 0.15) is 30.2 Å². The van der Waals surface area contributed by atoms with Crippen LogP contribution in [0.2, 0.25) is 0 Å². The second-order valence-electron chi connectivity index (χ2n) is 9.25. The van der Waals surface area contributed by atoms with Crippen molar-refractivity contribution in [1.82, 2.24) is 14.6 Å². The van der Waals surface area contributed by atoms with Crippen molar-refractivity contribution in [2.24, 2.45) is 0 Å². The first kappa shape index (κ1) is 21.8. The molecule has 4 aromatic rings. The van der Waals surface area contributed by atoms with Crippen LogP contribution in [0.15, 0.2) is 60.7 Å². The molecular weight excluding hydrogens is 444 g/mol. The number of aliphatic carboxylic acids is 1. The van der Waals surface area contributed by atoms with Crippen LogP contribution >= 0.6 is 0 Å². The summed E-state index contributed by atoms with van der Waals surface area (Å²) in [5.74, 6) is -0.706. The molecule has 8 nitrogen and oxygen atoms in total. The van der Waals surface area contributed by atoms with Gasteiger partial charge in [0.2, 0.25) is 0 Å². The highest BCUT2D eigenvalue weighted by Crippen LogP contribution is 2.40. The Morgan fingerprint density at radius 2 is 1.69 bits per heavy atom. The van der Waals surface area contributed by atoms with Gasteiger partial charge in [0.1, 0.15) is 5.82 Å². The number of hydrogen-bond acceptors (Lipinski definition) is 6. The van der Waals surface area contributed by atoms with Gasteiger partial charge in [-0.05, 0) is 37.0 Å². The highest BCUT2D eigenvalue weighted by atomic mass is 16.5. The molecule has 2 aliphatic rings. The van der Waals surface area contributed by atoms with Gasteiger partial charge in [-0.1, -0.05) is 48.5 Å². The minimum Gasteiger partial charge on any atom is -0.479 e. The van der Waals surface area contributed by atoms with Crippen molar-refractivity contribution in [1.29, 1.82) is 0 Å². The predicted octanol–water partition coefficient (Wildman–Crippen LogP) is 3.86. The molecule has 0 spiro atoms. The number of carbonyl (C=O) groups is 1.